The second kappa shape index (κ2) is 21.8. The first-order valence-electron chi connectivity index (χ1n) is 14.8. The molecule has 1 aromatic rings. The molecule has 0 aliphatic carbocycles. The van der Waals surface area contributed by atoms with Crippen molar-refractivity contribution in [3.05, 3.63) is 10.8 Å². The third-order valence-corrected chi connectivity index (χ3v) is 11.5. The van der Waals surface area contributed by atoms with Gasteiger partial charge in [-0.3, -0.25) is 9.13 Å². The lowest BCUT2D eigenvalue weighted by Crippen LogP contribution is -2.26. The molecule has 0 fully saturated rings. The molecule has 1 heterocycles. The molecule has 0 amide bonds. The van der Waals surface area contributed by atoms with E-state index >= 15 is 0 Å². The number of rotatable bonds is 26. The Balaban J connectivity index is 3.09. The van der Waals surface area contributed by atoms with Crippen molar-refractivity contribution in [2.24, 2.45) is 0 Å². The van der Waals surface area contributed by atoms with E-state index in [9.17, 15) is 9.13 Å². The molecule has 0 bridgehead atoms. The van der Waals surface area contributed by atoms with Crippen LogP contribution in [-0.2, 0) is 27.2 Å². The first-order chi connectivity index (χ1) is 18.0. The quantitative estimate of drug-likeness (QED) is 0.0802. The van der Waals surface area contributed by atoms with E-state index in [0.29, 0.717) is 37.0 Å². The summed E-state index contributed by atoms with van der Waals surface area (Å²) in [4.78, 5) is 0. The van der Waals surface area contributed by atoms with Crippen molar-refractivity contribution < 1.29 is 27.2 Å². The molecule has 37 heavy (non-hydrogen) atoms. The maximum absolute atomic E-state index is 14.2. The first-order valence-corrected chi connectivity index (χ1v) is 18.9. The van der Waals surface area contributed by atoms with Gasteiger partial charge in [0.2, 0.25) is 0 Å². The number of unbranched alkanes of at least 4 members (excludes halogenated alkanes) is 12. The fourth-order valence-corrected chi connectivity index (χ4v) is 9.66. The van der Waals surface area contributed by atoms with Gasteiger partial charge >= 0.3 is 15.2 Å². The van der Waals surface area contributed by atoms with Gasteiger partial charge in [0.15, 0.2) is 0 Å². The maximum Gasteiger partial charge on any atom is 0.363 e. The van der Waals surface area contributed by atoms with E-state index in [1.165, 1.54) is 11.3 Å². The Bertz CT molecular complexity index is 673. The van der Waals surface area contributed by atoms with Gasteiger partial charge in [-0.05, 0) is 25.7 Å². The summed E-state index contributed by atoms with van der Waals surface area (Å²) in [5.74, 6) is 0. The van der Waals surface area contributed by atoms with Crippen molar-refractivity contribution >= 4 is 37.1 Å². The van der Waals surface area contributed by atoms with E-state index < -0.39 is 15.2 Å². The SMILES string of the molecule is CCCCCCOP(=O)(OCCCCCC)c1cscc1P(=O)(OCCCCCC)OCCCCCC. The Hall–Kier alpha value is -0.0000000000000000416. The minimum absolute atomic E-state index is 0.349. The predicted molar refractivity (Wildman–Crippen MR) is 159 cm³/mol. The summed E-state index contributed by atoms with van der Waals surface area (Å²) in [6, 6.07) is 0. The molecule has 0 saturated heterocycles. The van der Waals surface area contributed by atoms with Crippen molar-refractivity contribution in [3.63, 3.8) is 0 Å². The number of hydrogen-bond acceptors (Lipinski definition) is 7. The lowest BCUT2D eigenvalue weighted by molar-refractivity contribution is 0.203. The molecule has 0 aliphatic rings. The van der Waals surface area contributed by atoms with Crippen LogP contribution in [0.4, 0.5) is 0 Å². The summed E-state index contributed by atoms with van der Waals surface area (Å²) in [6.07, 6.45) is 16.3. The van der Waals surface area contributed by atoms with Gasteiger partial charge in [-0.2, -0.15) is 11.3 Å². The molecular formula is C28H54O6P2S. The predicted octanol–water partition coefficient (Wildman–Crippen LogP) is 9.77. The lowest BCUT2D eigenvalue weighted by Gasteiger charge is -2.23. The zero-order chi connectivity index (χ0) is 27.2. The molecule has 0 aliphatic heterocycles. The third-order valence-electron chi connectivity index (χ3n) is 6.25. The fourth-order valence-electron chi connectivity index (χ4n) is 3.90. The van der Waals surface area contributed by atoms with Crippen LogP contribution >= 0.6 is 26.5 Å². The monoisotopic (exact) mass is 580 g/mol. The number of hydrogen-bond donors (Lipinski definition) is 0. The Morgan fingerprint density at radius 3 is 1.00 bits per heavy atom. The van der Waals surface area contributed by atoms with Crippen LogP contribution in [0.5, 0.6) is 0 Å². The van der Waals surface area contributed by atoms with Gasteiger partial charge < -0.3 is 18.1 Å². The van der Waals surface area contributed by atoms with Crippen LogP contribution in [-0.4, -0.2) is 26.4 Å². The zero-order valence-corrected chi connectivity index (χ0v) is 26.7. The van der Waals surface area contributed by atoms with E-state index in [0.717, 1.165) is 103 Å². The first kappa shape index (κ1) is 35.0. The van der Waals surface area contributed by atoms with E-state index in [4.69, 9.17) is 18.1 Å². The summed E-state index contributed by atoms with van der Waals surface area (Å²) in [6.45, 7) is 10.0. The average molecular weight is 581 g/mol. The molecule has 9 heteroatoms. The second-order valence-corrected chi connectivity index (χ2v) is 14.4. The van der Waals surface area contributed by atoms with Crippen LogP contribution in [0.15, 0.2) is 10.8 Å². The van der Waals surface area contributed by atoms with Gasteiger partial charge in [-0.25, -0.2) is 0 Å². The van der Waals surface area contributed by atoms with Gasteiger partial charge in [0.1, 0.15) is 0 Å². The van der Waals surface area contributed by atoms with Gasteiger partial charge in [-0.1, -0.05) is 105 Å². The third kappa shape index (κ3) is 14.3. The molecule has 0 aromatic carbocycles. The van der Waals surface area contributed by atoms with E-state index in [1.54, 1.807) is 10.8 Å². The topological polar surface area (TPSA) is 71.1 Å². The summed E-state index contributed by atoms with van der Waals surface area (Å²) in [5, 5.41) is 4.21. The molecule has 1 aromatic heterocycles. The van der Waals surface area contributed by atoms with Crippen LogP contribution in [0.1, 0.15) is 130 Å². The maximum atomic E-state index is 14.2. The van der Waals surface area contributed by atoms with Crippen molar-refractivity contribution in [2.45, 2.75) is 130 Å². The highest BCUT2D eigenvalue weighted by atomic mass is 32.1. The van der Waals surface area contributed by atoms with Gasteiger partial charge in [0.05, 0.1) is 37.0 Å². The average Bonchev–Trinajstić information content (AvgIpc) is 3.40. The highest BCUT2D eigenvalue weighted by molar-refractivity contribution is 7.69. The number of thiophene rings is 1. The molecule has 0 spiro atoms. The highest BCUT2D eigenvalue weighted by Crippen LogP contribution is 2.54. The van der Waals surface area contributed by atoms with E-state index in [1.807, 2.05) is 0 Å². The Morgan fingerprint density at radius 1 is 0.486 bits per heavy atom. The largest absolute Gasteiger partial charge is 0.363 e. The van der Waals surface area contributed by atoms with Crippen molar-refractivity contribution in [3.8, 4) is 0 Å². The van der Waals surface area contributed by atoms with Gasteiger partial charge in [0, 0.05) is 10.8 Å². The van der Waals surface area contributed by atoms with E-state index in [2.05, 4.69) is 27.7 Å². The van der Waals surface area contributed by atoms with Crippen LogP contribution in [0.2, 0.25) is 0 Å². The molecule has 218 valence electrons. The molecule has 0 saturated carbocycles. The lowest BCUT2D eigenvalue weighted by atomic mass is 10.2. The van der Waals surface area contributed by atoms with Crippen LogP contribution < -0.4 is 10.6 Å². The van der Waals surface area contributed by atoms with Crippen molar-refractivity contribution in [1.82, 2.24) is 0 Å². The minimum Gasteiger partial charge on any atom is -0.305 e. The molecule has 0 unspecified atom stereocenters. The van der Waals surface area contributed by atoms with E-state index in [-0.39, 0.29) is 0 Å². The minimum atomic E-state index is -3.68. The normalized spacial score (nSPS) is 12.4. The molecule has 6 nitrogen and oxygen atoms in total. The molecule has 0 atom stereocenters. The molecule has 1 rings (SSSR count). The van der Waals surface area contributed by atoms with Crippen LogP contribution in [0.3, 0.4) is 0 Å². The highest BCUT2D eigenvalue weighted by Gasteiger charge is 2.40. The van der Waals surface area contributed by atoms with Gasteiger partial charge in [-0.15, -0.1) is 0 Å². The summed E-state index contributed by atoms with van der Waals surface area (Å²) >= 11 is 1.34. The van der Waals surface area contributed by atoms with Crippen LogP contribution in [0.25, 0.3) is 0 Å². The van der Waals surface area contributed by atoms with Crippen molar-refractivity contribution in [1.29, 1.82) is 0 Å². The van der Waals surface area contributed by atoms with Crippen molar-refractivity contribution in [2.75, 3.05) is 26.4 Å². The molecule has 0 radical (unpaired) electrons. The summed E-state index contributed by atoms with van der Waals surface area (Å²) < 4.78 is 52.3. The van der Waals surface area contributed by atoms with Gasteiger partial charge in [0.25, 0.3) is 0 Å². The standard InChI is InChI=1S/C28H54O6P2S/c1-5-9-13-17-21-31-35(29,32-22-18-14-10-6-2)27-25-37-26-28(27)36(30,33-23-19-15-11-7-3)34-24-20-16-12-8-4/h25-26H,5-24H2,1-4H3. The Kier molecular flexibility index (Phi) is 20.6. The zero-order valence-electron chi connectivity index (χ0n) is 24.0. The smallest absolute Gasteiger partial charge is 0.305 e. The fraction of sp³-hybridized carbons (Fsp3) is 0.857. The van der Waals surface area contributed by atoms with Crippen LogP contribution in [0, 0.1) is 0 Å². The molecular weight excluding hydrogens is 526 g/mol. The summed E-state index contributed by atoms with van der Waals surface area (Å²) in [7, 11) is -7.35. The Morgan fingerprint density at radius 2 is 0.757 bits per heavy atom. The molecule has 0 N–H and O–H groups in total. The second-order valence-electron chi connectivity index (χ2n) is 9.71. The summed E-state index contributed by atoms with van der Waals surface area (Å²) in [5.41, 5.74) is 0. The Labute approximate surface area is 231 Å².